The molecule has 0 bridgehead atoms. The van der Waals surface area contributed by atoms with E-state index in [1.807, 2.05) is 6.07 Å². The maximum Gasteiger partial charge on any atom is 0.341 e. The molecule has 0 saturated carbocycles. The molecule has 0 aliphatic rings. The fourth-order valence-corrected chi connectivity index (χ4v) is 1.42. The highest BCUT2D eigenvalue weighted by molar-refractivity contribution is 5.83. The molecule has 1 heterocycles. The van der Waals surface area contributed by atoms with E-state index >= 15 is 0 Å². The van der Waals surface area contributed by atoms with Crippen molar-refractivity contribution in [1.82, 2.24) is 4.98 Å². The SMILES string of the molecule is O=[N+]([O-])C(O)c1c[nH]c2ccccc12. The van der Waals surface area contributed by atoms with E-state index in [0.29, 0.717) is 10.9 Å². The highest BCUT2D eigenvalue weighted by atomic mass is 16.7. The minimum Gasteiger partial charge on any atom is -0.361 e. The van der Waals surface area contributed by atoms with E-state index in [1.54, 1.807) is 18.2 Å². The zero-order valence-corrected chi connectivity index (χ0v) is 7.18. The first-order valence-electron chi connectivity index (χ1n) is 4.07. The number of aliphatic hydroxyl groups excluding tert-OH is 1. The van der Waals surface area contributed by atoms with E-state index in [0.717, 1.165) is 5.52 Å². The number of nitrogens with one attached hydrogen (secondary N) is 1. The zero-order chi connectivity index (χ0) is 10.1. The van der Waals surface area contributed by atoms with Gasteiger partial charge in [0.15, 0.2) is 0 Å². The number of hydrogen-bond acceptors (Lipinski definition) is 3. The number of hydrogen-bond donors (Lipinski definition) is 2. The van der Waals surface area contributed by atoms with Crippen LogP contribution in [0, 0.1) is 10.1 Å². The fourth-order valence-electron chi connectivity index (χ4n) is 1.42. The minimum atomic E-state index is -1.66. The van der Waals surface area contributed by atoms with Crippen LogP contribution in [0.2, 0.25) is 0 Å². The van der Waals surface area contributed by atoms with Gasteiger partial charge in [0.05, 0.1) is 10.5 Å². The van der Waals surface area contributed by atoms with Crippen LogP contribution >= 0.6 is 0 Å². The first-order chi connectivity index (χ1) is 6.70. The van der Waals surface area contributed by atoms with Gasteiger partial charge in [-0.15, -0.1) is 0 Å². The van der Waals surface area contributed by atoms with Crippen molar-refractivity contribution in [2.24, 2.45) is 0 Å². The summed E-state index contributed by atoms with van der Waals surface area (Å²) in [5.74, 6) is 0. The van der Waals surface area contributed by atoms with Crippen molar-refractivity contribution in [3.05, 3.63) is 46.1 Å². The second kappa shape index (κ2) is 3.12. The molecule has 0 aliphatic heterocycles. The van der Waals surface area contributed by atoms with Crippen LogP contribution in [0.1, 0.15) is 11.8 Å². The van der Waals surface area contributed by atoms with Crippen molar-refractivity contribution in [1.29, 1.82) is 0 Å². The topological polar surface area (TPSA) is 79.2 Å². The Balaban J connectivity index is 2.58. The number of aliphatic hydroxyl groups is 1. The van der Waals surface area contributed by atoms with Crippen LogP contribution in [-0.2, 0) is 0 Å². The summed E-state index contributed by atoms with van der Waals surface area (Å²) in [7, 11) is 0. The van der Waals surface area contributed by atoms with Gasteiger partial charge in [-0.25, -0.2) is 0 Å². The monoisotopic (exact) mass is 192 g/mol. The Kier molecular flexibility index (Phi) is 1.94. The summed E-state index contributed by atoms with van der Waals surface area (Å²) in [6, 6.07) is 7.12. The zero-order valence-electron chi connectivity index (χ0n) is 7.18. The van der Waals surface area contributed by atoms with Gasteiger partial charge in [0.2, 0.25) is 0 Å². The van der Waals surface area contributed by atoms with Crippen LogP contribution < -0.4 is 0 Å². The van der Waals surface area contributed by atoms with Gasteiger partial charge in [0.25, 0.3) is 0 Å². The molecule has 1 aromatic carbocycles. The molecule has 2 aromatic rings. The lowest BCUT2D eigenvalue weighted by Crippen LogP contribution is -2.08. The number of aromatic nitrogens is 1. The summed E-state index contributed by atoms with van der Waals surface area (Å²) in [4.78, 5) is 12.5. The van der Waals surface area contributed by atoms with E-state index in [4.69, 9.17) is 0 Å². The molecule has 2 rings (SSSR count). The normalized spacial score (nSPS) is 12.9. The Morgan fingerprint density at radius 2 is 2.14 bits per heavy atom. The third-order valence-corrected chi connectivity index (χ3v) is 2.10. The Morgan fingerprint density at radius 3 is 2.86 bits per heavy atom. The van der Waals surface area contributed by atoms with Crippen LogP contribution in [0.25, 0.3) is 10.9 Å². The molecule has 2 N–H and O–H groups in total. The third kappa shape index (κ3) is 1.23. The Bertz CT molecular complexity index is 478. The molecular weight excluding hydrogens is 184 g/mol. The number of para-hydroxylation sites is 1. The predicted octanol–water partition coefficient (Wildman–Crippen LogP) is 1.44. The fraction of sp³-hybridized carbons (Fsp3) is 0.111. The van der Waals surface area contributed by atoms with Gasteiger partial charge >= 0.3 is 6.23 Å². The predicted molar refractivity (Wildman–Crippen MR) is 50.3 cm³/mol. The quantitative estimate of drug-likeness (QED) is 0.429. The third-order valence-electron chi connectivity index (χ3n) is 2.10. The number of nitro groups is 1. The molecule has 5 heteroatoms. The lowest BCUT2D eigenvalue weighted by molar-refractivity contribution is -0.578. The number of fused-ring (bicyclic) bond motifs is 1. The minimum absolute atomic E-state index is 0.297. The van der Waals surface area contributed by atoms with Crippen molar-refractivity contribution in [2.75, 3.05) is 0 Å². The summed E-state index contributed by atoms with van der Waals surface area (Å²) in [6.07, 6.45) is -0.204. The van der Waals surface area contributed by atoms with Gasteiger partial charge in [0.1, 0.15) is 0 Å². The lowest BCUT2D eigenvalue weighted by atomic mass is 10.1. The molecule has 1 unspecified atom stereocenters. The first-order valence-corrected chi connectivity index (χ1v) is 4.07. The average Bonchev–Trinajstić information content (AvgIpc) is 2.60. The van der Waals surface area contributed by atoms with E-state index in [-0.39, 0.29) is 0 Å². The van der Waals surface area contributed by atoms with Gasteiger partial charge in [0, 0.05) is 17.1 Å². The van der Waals surface area contributed by atoms with Crippen molar-refractivity contribution < 1.29 is 10.0 Å². The van der Waals surface area contributed by atoms with E-state index in [2.05, 4.69) is 4.98 Å². The maximum atomic E-state index is 10.4. The molecule has 0 saturated heterocycles. The van der Waals surface area contributed by atoms with Crippen molar-refractivity contribution >= 4 is 10.9 Å². The molecule has 72 valence electrons. The van der Waals surface area contributed by atoms with Crippen molar-refractivity contribution in [2.45, 2.75) is 6.23 Å². The summed E-state index contributed by atoms with van der Waals surface area (Å²) >= 11 is 0. The number of H-pyrrole nitrogens is 1. The molecular formula is C9H8N2O3. The molecule has 1 aromatic heterocycles. The van der Waals surface area contributed by atoms with Crippen LogP contribution in [0.3, 0.4) is 0 Å². The molecule has 0 fully saturated rings. The van der Waals surface area contributed by atoms with Gasteiger partial charge in [-0.3, -0.25) is 10.1 Å². The van der Waals surface area contributed by atoms with Crippen molar-refractivity contribution in [3.63, 3.8) is 0 Å². The van der Waals surface area contributed by atoms with Crippen LogP contribution in [0.4, 0.5) is 0 Å². The van der Waals surface area contributed by atoms with E-state index in [1.165, 1.54) is 6.20 Å². The first kappa shape index (κ1) is 8.71. The van der Waals surface area contributed by atoms with Gasteiger partial charge in [-0.2, -0.15) is 0 Å². The average molecular weight is 192 g/mol. The van der Waals surface area contributed by atoms with Gasteiger partial charge in [-0.05, 0) is 6.07 Å². The maximum absolute atomic E-state index is 10.4. The number of benzene rings is 1. The Labute approximate surface area is 79.1 Å². The molecule has 0 spiro atoms. The smallest absolute Gasteiger partial charge is 0.341 e. The number of nitrogens with zero attached hydrogens (tertiary/aromatic N) is 1. The summed E-state index contributed by atoms with van der Waals surface area (Å²) < 4.78 is 0. The summed E-state index contributed by atoms with van der Waals surface area (Å²) in [5, 5.41) is 20.3. The molecule has 1 atom stereocenters. The molecule has 0 amide bonds. The molecule has 14 heavy (non-hydrogen) atoms. The van der Waals surface area contributed by atoms with Crippen LogP contribution in [0.15, 0.2) is 30.5 Å². The van der Waals surface area contributed by atoms with Crippen LogP contribution in [0.5, 0.6) is 0 Å². The number of rotatable bonds is 2. The highest BCUT2D eigenvalue weighted by Crippen LogP contribution is 2.23. The Morgan fingerprint density at radius 1 is 1.43 bits per heavy atom. The standard InChI is InChI=1S/C9H8N2O3/c12-9(11(13)14)7-5-10-8-4-2-1-3-6(7)8/h1-5,9-10,12H. The largest absolute Gasteiger partial charge is 0.361 e. The number of aromatic amines is 1. The van der Waals surface area contributed by atoms with E-state index in [9.17, 15) is 15.2 Å². The van der Waals surface area contributed by atoms with Crippen molar-refractivity contribution in [3.8, 4) is 0 Å². The second-order valence-electron chi connectivity index (χ2n) is 2.95. The highest BCUT2D eigenvalue weighted by Gasteiger charge is 2.21. The van der Waals surface area contributed by atoms with Gasteiger partial charge < -0.3 is 10.1 Å². The molecule has 5 nitrogen and oxygen atoms in total. The van der Waals surface area contributed by atoms with Crippen LogP contribution in [-0.4, -0.2) is 15.0 Å². The molecule has 0 aliphatic carbocycles. The summed E-state index contributed by atoms with van der Waals surface area (Å²) in [5.41, 5.74) is 1.08. The lowest BCUT2D eigenvalue weighted by Gasteiger charge is -1.99. The summed E-state index contributed by atoms with van der Waals surface area (Å²) in [6.45, 7) is 0. The van der Waals surface area contributed by atoms with E-state index < -0.39 is 11.2 Å². The second-order valence-corrected chi connectivity index (χ2v) is 2.95. The Hall–Kier alpha value is -1.88. The molecule has 0 radical (unpaired) electrons. The van der Waals surface area contributed by atoms with Gasteiger partial charge in [-0.1, -0.05) is 18.2 Å².